The second-order valence-corrected chi connectivity index (χ2v) is 4.31. The molecule has 2 aromatic carbocycles. The molecule has 0 fully saturated rings. The van der Waals surface area contributed by atoms with Gasteiger partial charge in [-0.2, -0.15) is 0 Å². The Kier molecular flexibility index (Phi) is 4.96. The Hall–Kier alpha value is -2.07. The van der Waals surface area contributed by atoms with Crippen LogP contribution in [0.4, 0.5) is 4.39 Å². The van der Waals surface area contributed by atoms with Crippen LogP contribution in [0.3, 0.4) is 0 Å². The van der Waals surface area contributed by atoms with Gasteiger partial charge >= 0.3 is 0 Å². The highest BCUT2D eigenvalue weighted by atomic mass is 19.1. The van der Waals surface area contributed by atoms with E-state index in [1.165, 1.54) is 12.1 Å². The van der Waals surface area contributed by atoms with E-state index >= 15 is 0 Å². The first-order valence-corrected chi connectivity index (χ1v) is 6.53. The second kappa shape index (κ2) is 6.91. The van der Waals surface area contributed by atoms with Gasteiger partial charge in [0.15, 0.2) is 11.6 Å². The summed E-state index contributed by atoms with van der Waals surface area (Å²) in [6, 6.07) is 11.4. The molecule has 20 heavy (non-hydrogen) atoms. The molecule has 0 spiro atoms. The van der Waals surface area contributed by atoms with Crippen LogP contribution in [-0.4, -0.2) is 11.7 Å². The van der Waals surface area contributed by atoms with Crippen LogP contribution in [0, 0.1) is 5.82 Å². The van der Waals surface area contributed by atoms with Crippen LogP contribution in [0.25, 0.3) is 0 Å². The van der Waals surface area contributed by atoms with E-state index in [4.69, 9.17) is 9.47 Å². The molecular formula is C16H17FO3. The highest BCUT2D eigenvalue weighted by molar-refractivity contribution is 5.40. The number of benzene rings is 2. The predicted octanol–water partition coefficient (Wildman–Crippen LogP) is 3.90. The molecule has 0 aliphatic rings. The summed E-state index contributed by atoms with van der Waals surface area (Å²) in [5.74, 6) is 0.795. The molecule has 3 nitrogen and oxygen atoms in total. The number of hydrogen-bond acceptors (Lipinski definition) is 3. The van der Waals surface area contributed by atoms with Crippen molar-refractivity contribution in [2.75, 3.05) is 6.61 Å². The van der Waals surface area contributed by atoms with Gasteiger partial charge < -0.3 is 14.6 Å². The highest BCUT2D eigenvalue weighted by Gasteiger charge is 2.10. The molecule has 0 unspecified atom stereocenters. The average molecular weight is 276 g/mol. The number of hydrogen-bond donors (Lipinski definition) is 1. The molecule has 0 bridgehead atoms. The van der Waals surface area contributed by atoms with Gasteiger partial charge in [-0.1, -0.05) is 19.1 Å². The molecule has 0 aromatic heterocycles. The second-order valence-electron chi connectivity index (χ2n) is 4.31. The van der Waals surface area contributed by atoms with Gasteiger partial charge in [0.25, 0.3) is 0 Å². The van der Waals surface area contributed by atoms with E-state index in [0.29, 0.717) is 17.9 Å². The predicted molar refractivity (Wildman–Crippen MR) is 74.6 cm³/mol. The third-order valence-electron chi connectivity index (χ3n) is 2.74. The standard InChI is InChI=1S/C16H17FO3/c1-2-10-19-13-6-8-14(9-7-13)20-16-12(11-18)4-3-5-15(16)17/h3-9,18H,2,10-11H2,1H3. The van der Waals surface area contributed by atoms with Crippen LogP contribution in [0.5, 0.6) is 17.2 Å². The Balaban J connectivity index is 2.14. The minimum Gasteiger partial charge on any atom is -0.494 e. The minimum atomic E-state index is -0.497. The molecule has 2 aromatic rings. The summed E-state index contributed by atoms with van der Waals surface area (Å²) in [4.78, 5) is 0. The van der Waals surface area contributed by atoms with Gasteiger partial charge in [-0.05, 0) is 36.8 Å². The number of halogens is 1. The summed E-state index contributed by atoms with van der Waals surface area (Å²) < 4.78 is 24.7. The first-order valence-electron chi connectivity index (χ1n) is 6.53. The van der Waals surface area contributed by atoms with Crippen molar-refractivity contribution in [2.24, 2.45) is 0 Å². The summed E-state index contributed by atoms with van der Waals surface area (Å²) in [6.07, 6.45) is 0.938. The molecular weight excluding hydrogens is 259 g/mol. The first-order chi connectivity index (χ1) is 9.74. The lowest BCUT2D eigenvalue weighted by molar-refractivity contribution is 0.274. The van der Waals surface area contributed by atoms with Crippen molar-refractivity contribution in [1.82, 2.24) is 0 Å². The zero-order valence-corrected chi connectivity index (χ0v) is 11.3. The van der Waals surface area contributed by atoms with Crippen molar-refractivity contribution in [3.63, 3.8) is 0 Å². The third kappa shape index (κ3) is 3.48. The van der Waals surface area contributed by atoms with Gasteiger partial charge in [-0.25, -0.2) is 4.39 Å². The zero-order valence-electron chi connectivity index (χ0n) is 11.3. The molecule has 0 amide bonds. The molecule has 0 heterocycles. The summed E-state index contributed by atoms with van der Waals surface area (Å²) in [6.45, 7) is 2.42. The number of aliphatic hydroxyl groups excluding tert-OH is 1. The Morgan fingerprint density at radius 2 is 1.75 bits per heavy atom. The van der Waals surface area contributed by atoms with Crippen LogP contribution in [-0.2, 0) is 6.61 Å². The fourth-order valence-electron chi connectivity index (χ4n) is 1.73. The number of rotatable bonds is 6. The molecule has 0 saturated heterocycles. The SMILES string of the molecule is CCCOc1ccc(Oc2c(F)cccc2CO)cc1. The van der Waals surface area contributed by atoms with Gasteiger partial charge in [0.05, 0.1) is 13.2 Å². The van der Waals surface area contributed by atoms with E-state index in [1.54, 1.807) is 30.3 Å². The van der Waals surface area contributed by atoms with Crippen molar-refractivity contribution in [1.29, 1.82) is 0 Å². The molecule has 4 heteroatoms. The highest BCUT2D eigenvalue weighted by Crippen LogP contribution is 2.29. The van der Waals surface area contributed by atoms with Crippen molar-refractivity contribution in [2.45, 2.75) is 20.0 Å². The first kappa shape index (κ1) is 14.3. The Morgan fingerprint density at radius 3 is 2.40 bits per heavy atom. The van der Waals surface area contributed by atoms with Crippen molar-refractivity contribution < 1.29 is 19.0 Å². The average Bonchev–Trinajstić information content (AvgIpc) is 2.48. The third-order valence-corrected chi connectivity index (χ3v) is 2.74. The Bertz CT molecular complexity index is 552. The van der Waals surface area contributed by atoms with Crippen molar-refractivity contribution in [3.05, 3.63) is 53.8 Å². The summed E-state index contributed by atoms with van der Waals surface area (Å²) in [7, 11) is 0. The summed E-state index contributed by atoms with van der Waals surface area (Å²) in [5.41, 5.74) is 0.413. The molecule has 106 valence electrons. The smallest absolute Gasteiger partial charge is 0.168 e. The lowest BCUT2D eigenvalue weighted by Gasteiger charge is -2.11. The monoisotopic (exact) mass is 276 g/mol. The quantitative estimate of drug-likeness (QED) is 0.869. The normalized spacial score (nSPS) is 10.3. The summed E-state index contributed by atoms with van der Waals surface area (Å²) in [5, 5.41) is 9.20. The molecule has 0 aliphatic carbocycles. The fourth-order valence-corrected chi connectivity index (χ4v) is 1.73. The topological polar surface area (TPSA) is 38.7 Å². The zero-order chi connectivity index (χ0) is 14.4. The van der Waals surface area contributed by atoms with Crippen LogP contribution in [0.1, 0.15) is 18.9 Å². The lowest BCUT2D eigenvalue weighted by Crippen LogP contribution is -1.96. The molecule has 0 radical (unpaired) electrons. The number of aliphatic hydroxyl groups is 1. The van der Waals surface area contributed by atoms with Crippen LogP contribution in [0.2, 0.25) is 0 Å². The maximum absolute atomic E-state index is 13.7. The van der Waals surface area contributed by atoms with Crippen LogP contribution in [0.15, 0.2) is 42.5 Å². The Morgan fingerprint density at radius 1 is 1.05 bits per heavy atom. The van der Waals surface area contributed by atoms with E-state index in [1.807, 2.05) is 6.92 Å². The molecule has 0 saturated carbocycles. The van der Waals surface area contributed by atoms with Gasteiger partial charge in [-0.3, -0.25) is 0 Å². The van der Waals surface area contributed by atoms with Crippen LogP contribution < -0.4 is 9.47 Å². The molecule has 0 atom stereocenters. The van der Waals surface area contributed by atoms with Gasteiger partial charge in [0.1, 0.15) is 11.5 Å². The molecule has 0 aliphatic heterocycles. The van der Waals surface area contributed by atoms with Crippen LogP contribution >= 0.6 is 0 Å². The largest absolute Gasteiger partial charge is 0.494 e. The van der Waals surface area contributed by atoms with E-state index in [0.717, 1.165) is 12.2 Å². The van der Waals surface area contributed by atoms with E-state index in [2.05, 4.69) is 0 Å². The maximum Gasteiger partial charge on any atom is 0.168 e. The maximum atomic E-state index is 13.7. The van der Waals surface area contributed by atoms with Crippen molar-refractivity contribution in [3.8, 4) is 17.2 Å². The lowest BCUT2D eigenvalue weighted by atomic mass is 10.2. The fraction of sp³-hybridized carbons (Fsp3) is 0.250. The van der Waals surface area contributed by atoms with E-state index in [9.17, 15) is 9.50 Å². The van der Waals surface area contributed by atoms with Gasteiger partial charge in [-0.15, -0.1) is 0 Å². The summed E-state index contributed by atoms with van der Waals surface area (Å²) >= 11 is 0. The van der Waals surface area contributed by atoms with Gasteiger partial charge in [0.2, 0.25) is 0 Å². The minimum absolute atomic E-state index is 0.0530. The number of para-hydroxylation sites is 1. The molecule has 1 N–H and O–H groups in total. The Labute approximate surface area is 117 Å². The van der Waals surface area contributed by atoms with E-state index < -0.39 is 5.82 Å². The molecule has 2 rings (SSSR count). The van der Waals surface area contributed by atoms with Gasteiger partial charge in [0, 0.05) is 5.56 Å². The number of ether oxygens (including phenoxy) is 2. The van der Waals surface area contributed by atoms with Crippen molar-refractivity contribution >= 4 is 0 Å². The van der Waals surface area contributed by atoms with E-state index in [-0.39, 0.29) is 12.4 Å².